The minimum Gasteiger partial charge on any atom is -0.332 e. The second-order valence-corrected chi connectivity index (χ2v) is 5.12. The van der Waals surface area contributed by atoms with Crippen LogP contribution in [0.25, 0.3) is 0 Å². The van der Waals surface area contributed by atoms with Gasteiger partial charge in [-0.1, -0.05) is 6.92 Å². The number of rotatable bonds is 3. The van der Waals surface area contributed by atoms with E-state index in [1.54, 1.807) is 0 Å². The van der Waals surface area contributed by atoms with Crippen LogP contribution in [0.5, 0.6) is 0 Å². The number of nitrogens with one attached hydrogen (secondary N) is 1. The van der Waals surface area contributed by atoms with Gasteiger partial charge in [-0.3, -0.25) is 24.5 Å². The minimum absolute atomic E-state index is 0.0243. The normalized spacial score (nSPS) is 23.9. The van der Waals surface area contributed by atoms with Gasteiger partial charge in [0.15, 0.2) is 0 Å². The van der Waals surface area contributed by atoms with E-state index in [4.69, 9.17) is 0 Å². The molecule has 1 atom stereocenters. The first-order chi connectivity index (χ1) is 9.52. The van der Waals surface area contributed by atoms with Crippen LogP contribution >= 0.6 is 0 Å². The van der Waals surface area contributed by atoms with E-state index >= 15 is 0 Å². The molecule has 7 nitrogen and oxygen atoms in total. The second-order valence-electron chi connectivity index (χ2n) is 5.12. The lowest BCUT2D eigenvalue weighted by atomic mass is 10.0. The largest absolute Gasteiger partial charge is 0.332 e. The van der Waals surface area contributed by atoms with Crippen LogP contribution in [0.4, 0.5) is 0 Å². The molecule has 1 N–H and O–H groups in total. The summed E-state index contributed by atoms with van der Waals surface area (Å²) in [4.78, 5) is 49.8. The lowest BCUT2D eigenvalue weighted by Crippen LogP contribution is -2.60. The fourth-order valence-electron chi connectivity index (χ4n) is 2.58. The Morgan fingerprint density at radius 3 is 2.65 bits per heavy atom. The predicted octanol–water partition coefficient (Wildman–Crippen LogP) is -0.737. The van der Waals surface area contributed by atoms with Crippen LogP contribution in [0.1, 0.15) is 32.6 Å². The fraction of sp³-hybridized carbons (Fsp3) is 0.692. The van der Waals surface area contributed by atoms with Gasteiger partial charge >= 0.3 is 0 Å². The maximum Gasteiger partial charge on any atom is 0.249 e. The van der Waals surface area contributed by atoms with E-state index < -0.39 is 11.9 Å². The van der Waals surface area contributed by atoms with Gasteiger partial charge in [0, 0.05) is 25.9 Å². The summed E-state index contributed by atoms with van der Waals surface area (Å²) in [5.41, 5.74) is 0. The van der Waals surface area contributed by atoms with Gasteiger partial charge in [0.25, 0.3) is 0 Å². The van der Waals surface area contributed by atoms with E-state index in [0.29, 0.717) is 25.9 Å². The number of imide groups is 1. The lowest BCUT2D eigenvalue weighted by Gasteiger charge is -2.39. The maximum absolute atomic E-state index is 12.1. The molecule has 0 saturated carbocycles. The van der Waals surface area contributed by atoms with E-state index in [1.807, 2.05) is 6.92 Å². The summed E-state index contributed by atoms with van der Waals surface area (Å²) >= 11 is 0. The van der Waals surface area contributed by atoms with Crippen molar-refractivity contribution in [2.45, 2.75) is 38.6 Å². The molecule has 0 aromatic heterocycles. The Bertz CT molecular complexity index is 449. The number of carbonyl (C=O) groups excluding carboxylic acids is 4. The van der Waals surface area contributed by atoms with Gasteiger partial charge in [-0.15, -0.1) is 0 Å². The highest BCUT2D eigenvalue weighted by atomic mass is 16.2. The van der Waals surface area contributed by atoms with Crippen molar-refractivity contribution < 1.29 is 19.2 Å². The average molecular weight is 281 g/mol. The molecule has 0 aromatic rings. The molecule has 2 heterocycles. The van der Waals surface area contributed by atoms with Gasteiger partial charge in [0.2, 0.25) is 23.6 Å². The Morgan fingerprint density at radius 1 is 1.30 bits per heavy atom. The number of carbonyl (C=O) groups is 4. The van der Waals surface area contributed by atoms with E-state index in [1.165, 1.54) is 9.80 Å². The van der Waals surface area contributed by atoms with Gasteiger partial charge in [0.1, 0.15) is 6.04 Å². The van der Waals surface area contributed by atoms with Crippen LogP contribution in [-0.4, -0.2) is 59.1 Å². The smallest absolute Gasteiger partial charge is 0.249 e. The molecule has 0 aliphatic carbocycles. The number of piperidine rings is 1. The van der Waals surface area contributed by atoms with Crippen molar-refractivity contribution >= 4 is 23.6 Å². The van der Waals surface area contributed by atoms with E-state index in [9.17, 15) is 19.2 Å². The van der Waals surface area contributed by atoms with Crippen LogP contribution in [0.3, 0.4) is 0 Å². The summed E-state index contributed by atoms with van der Waals surface area (Å²) < 4.78 is 0. The molecule has 4 amide bonds. The van der Waals surface area contributed by atoms with Gasteiger partial charge < -0.3 is 9.80 Å². The Morgan fingerprint density at radius 2 is 2.05 bits per heavy atom. The van der Waals surface area contributed by atoms with Crippen molar-refractivity contribution in [2.75, 3.05) is 19.6 Å². The molecular formula is C13H19N3O4. The quantitative estimate of drug-likeness (QED) is 0.690. The van der Waals surface area contributed by atoms with E-state index in [-0.39, 0.29) is 30.7 Å². The molecule has 0 radical (unpaired) electrons. The van der Waals surface area contributed by atoms with Crippen LogP contribution < -0.4 is 5.32 Å². The third-order valence-electron chi connectivity index (χ3n) is 3.66. The third-order valence-corrected chi connectivity index (χ3v) is 3.66. The topological polar surface area (TPSA) is 86.8 Å². The first-order valence-corrected chi connectivity index (χ1v) is 6.94. The molecule has 2 fully saturated rings. The molecule has 2 aliphatic rings. The standard InChI is InChI=1S/C13H19N3O4/c1-2-3-11(18)15-6-7-16(12(19)8-15)9-4-5-10(17)14-13(9)20/h9H,2-8H2,1H3,(H,14,17,20). The monoisotopic (exact) mass is 281 g/mol. The van der Waals surface area contributed by atoms with E-state index in [0.717, 1.165) is 6.42 Å². The summed E-state index contributed by atoms with van der Waals surface area (Å²) in [5, 5.41) is 2.25. The maximum atomic E-state index is 12.1. The van der Waals surface area contributed by atoms with Crippen LogP contribution in [-0.2, 0) is 19.2 Å². The van der Waals surface area contributed by atoms with Crippen molar-refractivity contribution in [3.8, 4) is 0 Å². The van der Waals surface area contributed by atoms with Crippen molar-refractivity contribution in [3.05, 3.63) is 0 Å². The molecule has 2 saturated heterocycles. The molecule has 2 rings (SSSR count). The summed E-state index contributed by atoms with van der Waals surface area (Å²) in [6.45, 7) is 2.73. The number of amides is 4. The van der Waals surface area contributed by atoms with Gasteiger partial charge in [-0.05, 0) is 12.8 Å². The molecule has 110 valence electrons. The Kier molecular flexibility index (Phi) is 4.36. The van der Waals surface area contributed by atoms with Gasteiger partial charge in [-0.2, -0.15) is 0 Å². The minimum atomic E-state index is -0.580. The molecule has 0 bridgehead atoms. The zero-order chi connectivity index (χ0) is 14.7. The second kappa shape index (κ2) is 6.02. The molecule has 2 aliphatic heterocycles. The molecule has 20 heavy (non-hydrogen) atoms. The molecule has 1 unspecified atom stereocenters. The van der Waals surface area contributed by atoms with Crippen molar-refractivity contribution in [2.24, 2.45) is 0 Å². The third kappa shape index (κ3) is 2.97. The SMILES string of the molecule is CCCC(=O)N1CCN(C2CCC(=O)NC2=O)C(=O)C1. The summed E-state index contributed by atoms with van der Waals surface area (Å²) in [5.74, 6) is -0.961. The Labute approximate surface area is 117 Å². The Hall–Kier alpha value is -1.92. The summed E-state index contributed by atoms with van der Waals surface area (Å²) in [7, 11) is 0. The predicted molar refractivity (Wildman–Crippen MR) is 69.4 cm³/mol. The van der Waals surface area contributed by atoms with Gasteiger partial charge in [0.05, 0.1) is 6.54 Å². The first-order valence-electron chi connectivity index (χ1n) is 6.94. The van der Waals surface area contributed by atoms with Crippen molar-refractivity contribution in [3.63, 3.8) is 0 Å². The Balaban J connectivity index is 1.96. The van der Waals surface area contributed by atoms with Gasteiger partial charge in [-0.25, -0.2) is 0 Å². The number of nitrogens with zero attached hydrogens (tertiary/aromatic N) is 2. The molecule has 0 spiro atoms. The summed E-state index contributed by atoms with van der Waals surface area (Å²) in [6, 6.07) is -0.580. The zero-order valence-corrected chi connectivity index (χ0v) is 11.6. The van der Waals surface area contributed by atoms with Crippen LogP contribution in [0, 0.1) is 0 Å². The van der Waals surface area contributed by atoms with Crippen molar-refractivity contribution in [1.82, 2.24) is 15.1 Å². The average Bonchev–Trinajstić information content (AvgIpc) is 2.40. The summed E-state index contributed by atoms with van der Waals surface area (Å²) in [6.07, 6.45) is 1.80. The number of piperazine rings is 1. The lowest BCUT2D eigenvalue weighted by molar-refractivity contribution is -0.152. The zero-order valence-electron chi connectivity index (χ0n) is 11.6. The highest BCUT2D eigenvalue weighted by Gasteiger charge is 2.37. The van der Waals surface area contributed by atoms with E-state index in [2.05, 4.69) is 5.32 Å². The first kappa shape index (κ1) is 14.5. The highest BCUT2D eigenvalue weighted by molar-refractivity contribution is 6.02. The highest BCUT2D eigenvalue weighted by Crippen LogP contribution is 2.16. The van der Waals surface area contributed by atoms with Crippen molar-refractivity contribution in [1.29, 1.82) is 0 Å². The fourth-order valence-corrected chi connectivity index (χ4v) is 2.58. The van der Waals surface area contributed by atoms with Crippen LogP contribution in [0.15, 0.2) is 0 Å². The molecular weight excluding hydrogens is 262 g/mol. The number of hydrogen-bond donors (Lipinski definition) is 1. The molecule has 0 aromatic carbocycles. The number of hydrogen-bond acceptors (Lipinski definition) is 4. The van der Waals surface area contributed by atoms with Crippen LogP contribution in [0.2, 0.25) is 0 Å². The molecule has 7 heteroatoms.